The van der Waals surface area contributed by atoms with Gasteiger partial charge in [-0.15, -0.1) is 11.8 Å². The molecule has 1 amide bonds. The number of nitrogens with zero attached hydrogens (tertiary/aromatic N) is 1. The lowest BCUT2D eigenvalue weighted by atomic mass is 9.58. The summed E-state index contributed by atoms with van der Waals surface area (Å²) in [6.07, 6.45) is 1.11. The second kappa shape index (κ2) is 7.06. The van der Waals surface area contributed by atoms with Crippen LogP contribution in [0, 0.1) is 19.3 Å². The summed E-state index contributed by atoms with van der Waals surface area (Å²) in [5.74, 6) is 1.51. The van der Waals surface area contributed by atoms with Crippen molar-refractivity contribution in [3.63, 3.8) is 0 Å². The van der Waals surface area contributed by atoms with Gasteiger partial charge in [0.15, 0.2) is 0 Å². The summed E-state index contributed by atoms with van der Waals surface area (Å²) in [5.41, 5.74) is 3.44. The summed E-state index contributed by atoms with van der Waals surface area (Å²) in [6.45, 7) is 5.49. The molecular formula is C19H27NO3S. The first-order valence-electron chi connectivity index (χ1n) is 8.69. The van der Waals surface area contributed by atoms with E-state index in [2.05, 4.69) is 32.0 Å². The number of carbonyl (C=O) groups is 1. The van der Waals surface area contributed by atoms with E-state index >= 15 is 0 Å². The predicted octanol–water partition coefficient (Wildman–Crippen LogP) is 2.27. The number of hydrogen-bond donors (Lipinski definition) is 2. The number of aliphatic hydroxyl groups excluding tert-OH is 2. The Hall–Kier alpha value is -1.04. The van der Waals surface area contributed by atoms with E-state index in [0.717, 1.165) is 5.75 Å². The maximum absolute atomic E-state index is 12.4. The zero-order valence-corrected chi connectivity index (χ0v) is 15.3. The number of amides is 1. The lowest BCUT2D eigenvalue weighted by molar-refractivity contribution is -0.191. The van der Waals surface area contributed by atoms with Crippen LogP contribution in [0.2, 0.25) is 0 Å². The molecule has 4 nitrogen and oxygen atoms in total. The number of hydrogen-bond acceptors (Lipinski definition) is 4. The van der Waals surface area contributed by atoms with Crippen LogP contribution in [-0.2, 0) is 10.5 Å². The number of carbonyl (C=O) groups excluding carboxylic acids is 1. The summed E-state index contributed by atoms with van der Waals surface area (Å²) < 4.78 is 0. The molecule has 2 unspecified atom stereocenters. The van der Waals surface area contributed by atoms with E-state index in [-0.39, 0.29) is 11.3 Å². The molecule has 1 aromatic rings. The predicted molar refractivity (Wildman–Crippen MR) is 97.0 cm³/mol. The zero-order chi connectivity index (χ0) is 17.3. The molecule has 0 bridgehead atoms. The van der Waals surface area contributed by atoms with Crippen molar-refractivity contribution in [2.45, 2.75) is 51.1 Å². The van der Waals surface area contributed by atoms with Gasteiger partial charge in [0.1, 0.15) is 0 Å². The first-order chi connectivity index (χ1) is 11.4. The minimum Gasteiger partial charge on any atom is -0.392 e. The van der Waals surface area contributed by atoms with Crippen LogP contribution in [0.4, 0.5) is 0 Å². The Labute approximate surface area is 148 Å². The molecule has 2 N–H and O–H groups in total. The number of rotatable bonds is 4. The third-order valence-electron chi connectivity index (χ3n) is 5.60. The summed E-state index contributed by atoms with van der Waals surface area (Å²) in [6, 6.07) is 6.51. The van der Waals surface area contributed by atoms with Gasteiger partial charge < -0.3 is 15.1 Å². The Morgan fingerprint density at radius 3 is 2.29 bits per heavy atom. The summed E-state index contributed by atoms with van der Waals surface area (Å²) in [4.78, 5) is 14.3. The van der Waals surface area contributed by atoms with Crippen LogP contribution >= 0.6 is 11.8 Å². The van der Waals surface area contributed by atoms with Gasteiger partial charge in [-0.05, 0) is 32.3 Å². The molecule has 2 atom stereocenters. The van der Waals surface area contributed by atoms with Gasteiger partial charge in [-0.2, -0.15) is 0 Å². The molecule has 1 heterocycles. The number of aliphatic hydroxyl groups is 2. The molecular weight excluding hydrogens is 322 g/mol. The Balaban J connectivity index is 1.45. The highest BCUT2D eigenvalue weighted by atomic mass is 32.2. The van der Waals surface area contributed by atoms with Gasteiger partial charge in [-0.3, -0.25) is 4.79 Å². The molecule has 1 aromatic carbocycles. The fourth-order valence-corrected chi connectivity index (χ4v) is 4.94. The van der Waals surface area contributed by atoms with Crippen molar-refractivity contribution < 1.29 is 15.0 Å². The third-order valence-corrected chi connectivity index (χ3v) is 6.59. The van der Waals surface area contributed by atoms with E-state index in [1.807, 2.05) is 4.90 Å². The number of likely N-dealkylation sites (tertiary alicyclic amines) is 1. The van der Waals surface area contributed by atoms with Crippen LogP contribution < -0.4 is 0 Å². The molecule has 1 saturated carbocycles. The van der Waals surface area contributed by atoms with Crippen LogP contribution in [-0.4, -0.2) is 52.1 Å². The molecule has 132 valence electrons. The molecule has 5 heteroatoms. The van der Waals surface area contributed by atoms with E-state index < -0.39 is 12.2 Å². The monoisotopic (exact) mass is 349 g/mol. The highest BCUT2D eigenvalue weighted by molar-refractivity contribution is 7.99. The van der Waals surface area contributed by atoms with Gasteiger partial charge in [0.2, 0.25) is 5.91 Å². The second-order valence-corrected chi connectivity index (χ2v) is 8.36. The Bertz CT molecular complexity index is 580. The Kier molecular flexibility index (Phi) is 5.23. The minimum atomic E-state index is -0.399. The normalized spacial score (nSPS) is 25.6. The average Bonchev–Trinajstić information content (AvgIpc) is 2.54. The molecule has 1 saturated heterocycles. The molecule has 0 radical (unpaired) electrons. The standard InChI is InChI=1S/C19H27NO3S/c1-13-7-14(2)9-15(8-13)11-24-12-18(23)20-5-3-19(4-6-20)16(21)10-17(19)22/h7-9,16-17,21-22H,3-6,10-12H2,1-2H3. The number of piperidine rings is 1. The quantitative estimate of drug-likeness (QED) is 0.875. The van der Waals surface area contributed by atoms with E-state index in [9.17, 15) is 15.0 Å². The van der Waals surface area contributed by atoms with Gasteiger partial charge in [0, 0.05) is 30.7 Å². The number of aryl methyl sites for hydroxylation is 2. The van der Waals surface area contributed by atoms with Gasteiger partial charge in [0.25, 0.3) is 0 Å². The lowest BCUT2D eigenvalue weighted by Crippen LogP contribution is -2.62. The van der Waals surface area contributed by atoms with E-state index in [0.29, 0.717) is 38.1 Å². The smallest absolute Gasteiger partial charge is 0.232 e. The molecule has 1 aliphatic carbocycles. The average molecular weight is 349 g/mol. The van der Waals surface area contributed by atoms with Crippen molar-refractivity contribution in [1.29, 1.82) is 0 Å². The number of benzene rings is 1. The van der Waals surface area contributed by atoms with Crippen molar-refractivity contribution in [1.82, 2.24) is 4.90 Å². The molecule has 3 rings (SSSR count). The first-order valence-corrected chi connectivity index (χ1v) is 9.85. The van der Waals surface area contributed by atoms with E-state index in [1.165, 1.54) is 16.7 Å². The fourth-order valence-electron chi connectivity index (χ4n) is 4.08. The summed E-state index contributed by atoms with van der Waals surface area (Å²) >= 11 is 1.66. The Morgan fingerprint density at radius 1 is 1.17 bits per heavy atom. The van der Waals surface area contributed by atoms with Crippen molar-refractivity contribution in [3.05, 3.63) is 34.9 Å². The third kappa shape index (κ3) is 3.48. The minimum absolute atomic E-state index is 0.169. The largest absolute Gasteiger partial charge is 0.392 e. The number of thioether (sulfide) groups is 1. The second-order valence-electron chi connectivity index (χ2n) is 7.37. The van der Waals surface area contributed by atoms with E-state index in [4.69, 9.17) is 0 Å². The highest BCUT2D eigenvalue weighted by Gasteiger charge is 2.55. The Morgan fingerprint density at radius 2 is 1.75 bits per heavy atom. The molecule has 2 aliphatic rings. The van der Waals surface area contributed by atoms with Crippen LogP contribution in [0.25, 0.3) is 0 Å². The summed E-state index contributed by atoms with van der Waals surface area (Å²) in [5, 5.41) is 19.9. The van der Waals surface area contributed by atoms with Gasteiger partial charge in [-0.25, -0.2) is 0 Å². The van der Waals surface area contributed by atoms with Gasteiger partial charge in [-0.1, -0.05) is 29.3 Å². The van der Waals surface area contributed by atoms with Crippen molar-refractivity contribution in [2.24, 2.45) is 5.41 Å². The van der Waals surface area contributed by atoms with Crippen LogP contribution in [0.3, 0.4) is 0 Å². The zero-order valence-electron chi connectivity index (χ0n) is 14.5. The summed E-state index contributed by atoms with van der Waals surface area (Å²) in [7, 11) is 0. The van der Waals surface area contributed by atoms with Crippen molar-refractivity contribution in [3.8, 4) is 0 Å². The van der Waals surface area contributed by atoms with Crippen LogP contribution in [0.5, 0.6) is 0 Å². The molecule has 1 spiro atoms. The van der Waals surface area contributed by atoms with Crippen molar-refractivity contribution >= 4 is 17.7 Å². The van der Waals surface area contributed by atoms with E-state index in [1.54, 1.807) is 11.8 Å². The molecule has 0 aromatic heterocycles. The van der Waals surface area contributed by atoms with Gasteiger partial charge in [0.05, 0.1) is 18.0 Å². The van der Waals surface area contributed by atoms with Crippen LogP contribution in [0.1, 0.15) is 36.0 Å². The van der Waals surface area contributed by atoms with Gasteiger partial charge >= 0.3 is 0 Å². The van der Waals surface area contributed by atoms with Crippen LogP contribution in [0.15, 0.2) is 18.2 Å². The molecule has 1 aliphatic heterocycles. The maximum atomic E-state index is 12.4. The topological polar surface area (TPSA) is 60.8 Å². The highest BCUT2D eigenvalue weighted by Crippen LogP contribution is 2.49. The fraction of sp³-hybridized carbons (Fsp3) is 0.632. The first kappa shape index (κ1) is 17.8. The molecule has 2 fully saturated rings. The molecule has 24 heavy (non-hydrogen) atoms. The maximum Gasteiger partial charge on any atom is 0.232 e. The SMILES string of the molecule is Cc1cc(C)cc(CSCC(=O)N2CCC3(CC2)C(O)CC3O)c1. The lowest BCUT2D eigenvalue weighted by Gasteiger charge is -2.55. The van der Waals surface area contributed by atoms with Crippen molar-refractivity contribution in [2.75, 3.05) is 18.8 Å².